The average Bonchev–Trinajstić information content (AvgIpc) is 2.51. The van der Waals surface area contributed by atoms with Crippen molar-refractivity contribution >= 4 is 11.9 Å². The van der Waals surface area contributed by atoms with Crippen molar-refractivity contribution in [2.45, 2.75) is 20.0 Å². The van der Waals surface area contributed by atoms with Gasteiger partial charge in [0, 0.05) is 19.7 Å². The molecule has 0 saturated heterocycles. The van der Waals surface area contributed by atoms with E-state index in [1.54, 1.807) is 38.4 Å². The summed E-state index contributed by atoms with van der Waals surface area (Å²) in [6, 6.07) is 14.5. The van der Waals surface area contributed by atoms with Crippen molar-refractivity contribution in [1.29, 1.82) is 0 Å². The van der Waals surface area contributed by atoms with Crippen molar-refractivity contribution in [2.75, 3.05) is 14.1 Å². The van der Waals surface area contributed by atoms with Gasteiger partial charge in [-0.15, -0.1) is 0 Å². The van der Waals surface area contributed by atoms with Crippen molar-refractivity contribution < 1.29 is 14.3 Å². The van der Waals surface area contributed by atoms with E-state index < -0.39 is 12.1 Å². The van der Waals surface area contributed by atoms with E-state index >= 15 is 0 Å². The lowest BCUT2D eigenvalue weighted by atomic mass is 10.1. The lowest BCUT2D eigenvalue weighted by Crippen LogP contribution is -2.31. The van der Waals surface area contributed by atoms with Crippen molar-refractivity contribution in [1.82, 2.24) is 4.90 Å². The summed E-state index contributed by atoms with van der Waals surface area (Å²) >= 11 is 0. The van der Waals surface area contributed by atoms with E-state index in [0.717, 1.165) is 11.1 Å². The Morgan fingerprint density at radius 2 is 1.52 bits per heavy atom. The third kappa shape index (κ3) is 4.19. The Morgan fingerprint density at radius 3 is 2.04 bits per heavy atom. The third-order valence-electron chi connectivity index (χ3n) is 3.45. The highest BCUT2D eigenvalue weighted by atomic mass is 16.5. The molecular formula is C19H21NO3. The monoisotopic (exact) mass is 311 g/mol. The molecule has 0 aliphatic carbocycles. The number of carbonyl (C=O) groups is 2. The number of ether oxygens (including phenoxy) is 1. The van der Waals surface area contributed by atoms with Gasteiger partial charge in [0.15, 0.2) is 0 Å². The molecule has 0 bridgehead atoms. The van der Waals surface area contributed by atoms with Crippen LogP contribution in [0, 0.1) is 13.8 Å². The molecule has 0 N–H and O–H groups in total. The molecule has 0 aliphatic rings. The van der Waals surface area contributed by atoms with Crippen LogP contribution in [0.4, 0.5) is 0 Å². The van der Waals surface area contributed by atoms with Gasteiger partial charge in [-0.1, -0.05) is 47.5 Å². The van der Waals surface area contributed by atoms with Gasteiger partial charge in [-0.3, -0.25) is 4.79 Å². The zero-order valence-electron chi connectivity index (χ0n) is 13.9. The number of benzene rings is 2. The summed E-state index contributed by atoms with van der Waals surface area (Å²) in [7, 11) is 3.28. The fourth-order valence-electron chi connectivity index (χ4n) is 2.39. The molecule has 0 unspecified atom stereocenters. The predicted molar refractivity (Wildman–Crippen MR) is 89.2 cm³/mol. The molecule has 1 atom stereocenters. The van der Waals surface area contributed by atoms with E-state index in [1.807, 2.05) is 38.1 Å². The molecular weight excluding hydrogens is 290 g/mol. The minimum absolute atomic E-state index is 0.270. The van der Waals surface area contributed by atoms with Crippen LogP contribution in [-0.2, 0) is 9.53 Å². The van der Waals surface area contributed by atoms with Crippen LogP contribution in [0.1, 0.15) is 33.2 Å². The van der Waals surface area contributed by atoms with Crippen LogP contribution in [0.3, 0.4) is 0 Å². The number of likely N-dealkylation sites (N-methyl/N-ethyl adjacent to an activating group) is 1. The SMILES string of the molecule is Cc1cc(C)cc(C(=O)O[C@H](C(=O)N(C)C)c2ccccc2)c1. The first-order valence-electron chi connectivity index (χ1n) is 7.44. The van der Waals surface area contributed by atoms with Gasteiger partial charge in [-0.2, -0.15) is 0 Å². The molecule has 23 heavy (non-hydrogen) atoms. The highest BCUT2D eigenvalue weighted by molar-refractivity contribution is 5.93. The summed E-state index contributed by atoms with van der Waals surface area (Å²) < 4.78 is 5.53. The topological polar surface area (TPSA) is 46.6 Å². The Labute approximate surface area is 136 Å². The Balaban J connectivity index is 2.30. The molecule has 0 spiro atoms. The molecule has 4 nitrogen and oxygen atoms in total. The summed E-state index contributed by atoms with van der Waals surface area (Å²) in [5, 5.41) is 0. The fraction of sp³-hybridized carbons (Fsp3) is 0.263. The number of hydrogen-bond donors (Lipinski definition) is 0. The molecule has 120 valence electrons. The summed E-state index contributed by atoms with van der Waals surface area (Å²) in [4.78, 5) is 26.3. The van der Waals surface area contributed by atoms with E-state index in [1.165, 1.54) is 4.90 Å². The van der Waals surface area contributed by atoms with Gasteiger partial charge in [0.1, 0.15) is 0 Å². The first kappa shape index (κ1) is 16.7. The summed E-state index contributed by atoms with van der Waals surface area (Å²) in [6.07, 6.45) is -0.945. The Morgan fingerprint density at radius 1 is 0.957 bits per heavy atom. The lowest BCUT2D eigenvalue weighted by molar-refractivity contribution is -0.138. The van der Waals surface area contributed by atoms with Gasteiger partial charge in [-0.05, 0) is 26.0 Å². The number of nitrogens with zero attached hydrogens (tertiary/aromatic N) is 1. The third-order valence-corrected chi connectivity index (χ3v) is 3.45. The van der Waals surface area contributed by atoms with E-state index in [9.17, 15) is 9.59 Å². The molecule has 0 radical (unpaired) electrons. The zero-order chi connectivity index (χ0) is 17.0. The fourth-order valence-corrected chi connectivity index (χ4v) is 2.39. The first-order chi connectivity index (χ1) is 10.9. The van der Waals surface area contributed by atoms with Crippen molar-refractivity contribution in [3.63, 3.8) is 0 Å². The highest BCUT2D eigenvalue weighted by Crippen LogP contribution is 2.22. The van der Waals surface area contributed by atoms with Crippen LogP contribution in [0.2, 0.25) is 0 Å². The zero-order valence-corrected chi connectivity index (χ0v) is 13.9. The maximum absolute atomic E-state index is 12.5. The van der Waals surface area contributed by atoms with E-state index in [2.05, 4.69) is 0 Å². The van der Waals surface area contributed by atoms with E-state index in [-0.39, 0.29) is 5.91 Å². The van der Waals surface area contributed by atoms with Crippen LogP contribution in [0.15, 0.2) is 48.5 Å². The highest BCUT2D eigenvalue weighted by Gasteiger charge is 2.27. The lowest BCUT2D eigenvalue weighted by Gasteiger charge is -2.21. The first-order valence-corrected chi connectivity index (χ1v) is 7.44. The van der Waals surface area contributed by atoms with Gasteiger partial charge < -0.3 is 9.64 Å². The van der Waals surface area contributed by atoms with Gasteiger partial charge in [0.25, 0.3) is 5.91 Å². The van der Waals surface area contributed by atoms with Gasteiger partial charge >= 0.3 is 5.97 Å². The minimum atomic E-state index is -0.945. The number of amides is 1. The van der Waals surface area contributed by atoms with Crippen LogP contribution in [0.5, 0.6) is 0 Å². The smallest absolute Gasteiger partial charge is 0.339 e. The summed E-state index contributed by atoms with van der Waals surface area (Å²) in [6.45, 7) is 3.84. The molecule has 0 fully saturated rings. The predicted octanol–water partition coefficient (Wildman–Crippen LogP) is 3.29. The number of rotatable bonds is 4. The number of hydrogen-bond acceptors (Lipinski definition) is 3. The van der Waals surface area contributed by atoms with E-state index in [4.69, 9.17) is 4.74 Å². The standard InChI is InChI=1S/C19H21NO3/c1-13-10-14(2)12-16(11-13)19(22)23-17(18(21)20(3)4)15-8-6-5-7-9-15/h5-12,17H,1-4H3/t17-/m0/s1. The Bertz CT molecular complexity index is 688. The Kier molecular flexibility index (Phi) is 5.16. The summed E-state index contributed by atoms with van der Waals surface area (Å²) in [5.74, 6) is -0.769. The van der Waals surface area contributed by atoms with Gasteiger partial charge in [0.2, 0.25) is 6.10 Å². The van der Waals surface area contributed by atoms with Gasteiger partial charge in [0.05, 0.1) is 5.56 Å². The second kappa shape index (κ2) is 7.09. The maximum atomic E-state index is 12.5. The molecule has 2 rings (SSSR count). The molecule has 0 aromatic heterocycles. The van der Waals surface area contributed by atoms with E-state index in [0.29, 0.717) is 11.1 Å². The molecule has 4 heteroatoms. The Hall–Kier alpha value is -2.62. The van der Waals surface area contributed by atoms with Crippen LogP contribution < -0.4 is 0 Å². The molecule has 0 heterocycles. The average molecular weight is 311 g/mol. The molecule has 1 amide bonds. The normalized spacial score (nSPS) is 11.7. The van der Waals surface area contributed by atoms with Gasteiger partial charge in [-0.25, -0.2) is 4.79 Å². The van der Waals surface area contributed by atoms with Crippen molar-refractivity contribution in [3.8, 4) is 0 Å². The molecule has 0 aliphatic heterocycles. The van der Waals surface area contributed by atoms with Crippen LogP contribution in [0.25, 0.3) is 0 Å². The minimum Gasteiger partial charge on any atom is -0.444 e. The quantitative estimate of drug-likeness (QED) is 0.814. The molecule has 0 saturated carbocycles. The number of carbonyl (C=O) groups excluding carboxylic acids is 2. The number of esters is 1. The van der Waals surface area contributed by atoms with Crippen molar-refractivity contribution in [2.24, 2.45) is 0 Å². The van der Waals surface area contributed by atoms with Crippen LogP contribution >= 0.6 is 0 Å². The van der Waals surface area contributed by atoms with Crippen LogP contribution in [-0.4, -0.2) is 30.9 Å². The van der Waals surface area contributed by atoms with Crippen molar-refractivity contribution in [3.05, 3.63) is 70.8 Å². The maximum Gasteiger partial charge on any atom is 0.339 e. The molecule has 2 aromatic carbocycles. The number of aryl methyl sites for hydroxylation is 2. The second-order valence-electron chi connectivity index (χ2n) is 5.81. The summed E-state index contributed by atoms with van der Waals surface area (Å²) in [5.41, 5.74) is 3.07. The molecule has 2 aromatic rings. The largest absolute Gasteiger partial charge is 0.444 e. The second-order valence-corrected chi connectivity index (χ2v) is 5.81.